The van der Waals surface area contributed by atoms with Crippen molar-refractivity contribution in [1.82, 2.24) is 10.2 Å². The second-order valence-electron chi connectivity index (χ2n) is 7.78. The number of rotatable bonds is 10. The highest BCUT2D eigenvalue weighted by Crippen LogP contribution is 2.19. The van der Waals surface area contributed by atoms with Gasteiger partial charge in [0.1, 0.15) is 11.8 Å². The normalized spacial score (nSPS) is 11.5. The van der Waals surface area contributed by atoms with Crippen molar-refractivity contribution in [3.63, 3.8) is 0 Å². The molecule has 0 aliphatic carbocycles. The largest absolute Gasteiger partial charge is 0.497 e. The molecule has 0 saturated carbocycles. The Balaban J connectivity index is 1.93. The molecule has 0 radical (unpaired) electrons. The Hall–Kier alpha value is -3.31. The second kappa shape index (κ2) is 12.1. The second-order valence-corrected chi connectivity index (χ2v) is 8.21. The molecule has 1 atom stereocenters. The van der Waals surface area contributed by atoms with Gasteiger partial charge in [-0.2, -0.15) is 0 Å². The molecule has 0 fully saturated rings. The van der Waals surface area contributed by atoms with Crippen LogP contribution in [0.25, 0.3) is 0 Å². The zero-order valence-corrected chi connectivity index (χ0v) is 19.7. The maximum Gasteiger partial charge on any atom is 0.243 e. The van der Waals surface area contributed by atoms with Crippen molar-refractivity contribution >= 4 is 23.4 Å². The van der Waals surface area contributed by atoms with Crippen LogP contribution in [0.2, 0.25) is 5.02 Å². The van der Waals surface area contributed by atoms with Gasteiger partial charge in [0, 0.05) is 24.5 Å². The first-order chi connectivity index (χ1) is 16.0. The van der Waals surface area contributed by atoms with E-state index in [1.807, 2.05) is 79.7 Å². The van der Waals surface area contributed by atoms with E-state index >= 15 is 0 Å². The van der Waals surface area contributed by atoms with Gasteiger partial charge in [0.25, 0.3) is 0 Å². The lowest BCUT2D eigenvalue weighted by Crippen LogP contribution is -2.50. The van der Waals surface area contributed by atoms with Crippen molar-refractivity contribution in [2.24, 2.45) is 0 Å². The highest BCUT2D eigenvalue weighted by molar-refractivity contribution is 6.30. The summed E-state index contributed by atoms with van der Waals surface area (Å²) < 4.78 is 5.21. The zero-order valence-electron chi connectivity index (χ0n) is 19.0. The number of methoxy groups -OCH3 is 1. The number of hydrogen-bond acceptors (Lipinski definition) is 3. The summed E-state index contributed by atoms with van der Waals surface area (Å²) in [5, 5.41) is 3.49. The van der Waals surface area contributed by atoms with Crippen molar-refractivity contribution in [2.75, 3.05) is 13.7 Å². The molecule has 0 saturated heterocycles. The van der Waals surface area contributed by atoms with Crippen LogP contribution in [0.5, 0.6) is 5.75 Å². The number of carbonyl (C=O) groups excluding carboxylic acids is 2. The Morgan fingerprint density at radius 3 is 2.27 bits per heavy atom. The van der Waals surface area contributed by atoms with Crippen LogP contribution in [0.15, 0.2) is 78.9 Å². The molecule has 1 N–H and O–H groups in total. The minimum atomic E-state index is -0.655. The summed E-state index contributed by atoms with van der Waals surface area (Å²) in [5.41, 5.74) is 2.71. The van der Waals surface area contributed by atoms with E-state index in [-0.39, 0.29) is 24.8 Å². The number of nitrogens with one attached hydrogen (secondary N) is 1. The molecule has 172 valence electrons. The minimum absolute atomic E-state index is 0.132. The lowest BCUT2D eigenvalue weighted by molar-refractivity contribution is -0.140. The lowest BCUT2D eigenvalue weighted by atomic mass is 10.0. The van der Waals surface area contributed by atoms with Gasteiger partial charge in [-0.25, -0.2) is 0 Å². The summed E-state index contributed by atoms with van der Waals surface area (Å²) in [7, 11) is 1.60. The summed E-state index contributed by atoms with van der Waals surface area (Å²) in [4.78, 5) is 28.4. The van der Waals surface area contributed by atoms with Gasteiger partial charge in [-0.15, -0.1) is 0 Å². The van der Waals surface area contributed by atoms with E-state index in [4.69, 9.17) is 16.3 Å². The number of hydrogen-bond donors (Lipinski definition) is 1. The first kappa shape index (κ1) is 24.3. The smallest absolute Gasteiger partial charge is 0.243 e. The van der Waals surface area contributed by atoms with Crippen molar-refractivity contribution in [3.05, 3.63) is 101 Å². The van der Waals surface area contributed by atoms with Crippen LogP contribution in [0, 0.1) is 0 Å². The molecule has 5 nitrogen and oxygen atoms in total. The van der Waals surface area contributed by atoms with Crippen LogP contribution < -0.4 is 10.1 Å². The number of benzene rings is 3. The van der Waals surface area contributed by atoms with E-state index in [1.165, 1.54) is 0 Å². The van der Waals surface area contributed by atoms with Gasteiger partial charge in [0.15, 0.2) is 0 Å². The maximum absolute atomic E-state index is 13.6. The molecule has 0 aliphatic heterocycles. The molecule has 0 bridgehead atoms. The molecular formula is C27H29ClN2O3. The zero-order chi connectivity index (χ0) is 23.6. The SMILES string of the molecule is CCNC(=O)[C@@H](Cc1ccccc1)N(Cc1cccc(Cl)c1)C(=O)Cc1ccc(OC)cc1. The summed E-state index contributed by atoms with van der Waals surface area (Å²) in [6.45, 7) is 2.64. The van der Waals surface area contributed by atoms with Crippen molar-refractivity contribution in [1.29, 1.82) is 0 Å². The molecule has 0 aliphatic rings. The highest BCUT2D eigenvalue weighted by Gasteiger charge is 2.30. The predicted octanol–water partition coefficient (Wildman–Crippen LogP) is 4.67. The predicted molar refractivity (Wildman–Crippen MR) is 131 cm³/mol. The topological polar surface area (TPSA) is 58.6 Å². The van der Waals surface area contributed by atoms with Crippen molar-refractivity contribution < 1.29 is 14.3 Å². The molecule has 3 aromatic rings. The monoisotopic (exact) mass is 464 g/mol. The van der Waals surface area contributed by atoms with Crippen molar-refractivity contribution in [2.45, 2.75) is 32.4 Å². The molecular weight excluding hydrogens is 436 g/mol. The standard InChI is InChI=1S/C27H29ClN2O3/c1-3-29-27(32)25(17-20-8-5-4-6-9-20)30(19-22-10-7-11-23(28)16-22)26(31)18-21-12-14-24(33-2)15-13-21/h4-16,25H,3,17-19H2,1-2H3,(H,29,32)/t25-/m1/s1. The van der Waals surface area contributed by atoms with E-state index in [0.717, 1.165) is 22.4 Å². The summed E-state index contributed by atoms with van der Waals surface area (Å²) in [5.74, 6) is 0.421. The van der Waals surface area contributed by atoms with E-state index in [1.54, 1.807) is 18.1 Å². The Bertz CT molecular complexity index is 1050. The van der Waals surface area contributed by atoms with Crippen LogP contribution in [0.3, 0.4) is 0 Å². The molecule has 0 unspecified atom stereocenters. The average Bonchev–Trinajstić information content (AvgIpc) is 2.82. The fraction of sp³-hybridized carbons (Fsp3) is 0.259. The highest BCUT2D eigenvalue weighted by atomic mass is 35.5. The maximum atomic E-state index is 13.6. The lowest BCUT2D eigenvalue weighted by Gasteiger charge is -2.31. The van der Waals surface area contributed by atoms with Crippen LogP contribution >= 0.6 is 11.6 Å². The number of ether oxygens (including phenoxy) is 1. The molecule has 3 rings (SSSR count). The average molecular weight is 465 g/mol. The number of halogens is 1. The van der Waals surface area contributed by atoms with E-state index in [0.29, 0.717) is 18.0 Å². The van der Waals surface area contributed by atoms with Crippen LogP contribution in [-0.2, 0) is 29.0 Å². The first-order valence-electron chi connectivity index (χ1n) is 11.0. The Morgan fingerprint density at radius 1 is 0.939 bits per heavy atom. The Labute approximate surface area is 200 Å². The number of amides is 2. The van der Waals surface area contributed by atoms with Crippen molar-refractivity contribution in [3.8, 4) is 5.75 Å². The molecule has 0 spiro atoms. The van der Waals surface area contributed by atoms with Crippen LogP contribution in [0.1, 0.15) is 23.6 Å². The molecule has 33 heavy (non-hydrogen) atoms. The van der Waals surface area contributed by atoms with Gasteiger partial charge in [0.05, 0.1) is 13.5 Å². The third kappa shape index (κ3) is 7.09. The van der Waals surface area contributed by atoms with Gasteiger partial charge in [0.2, 0.25) is 11.8 Å². The third-order valence-electron chi connectivity index (χ3n) is 5.38. The number of carbonyl (C=O) groups is 2. The Kier molecular flexibility index (Phi) is 8.90. The molecule has 6 heteroatoms. The summed E-state index contributed by atoms with van der Waals surface area (Å²) >= 11 is 6.19. The quantitative estimate of drug-likeness (QED) is 0.474. The Morgan fingerprint density at radius 2 is 1.64 bits per heavy atom. The van der Waals surface area contributed by atoms with Gasteiger partial charge < -0.3 is 15.0 Å². The van der Waals surface area contributed by atoms with E-state index in [2.05, 4.69) is 5.32 Å². The van der Waals surface area contributed by atoms with Gasteiger partial charge in [-0.1, -0.05) is 66.2 Å². The fourth-order valence-electron chi connectivity index (χ4n) is 3.70. The molecule has 0 aromatic heterocycles. The first-order valence-corrected chi connectivity index (χ1v) is 11.4. The summed E-state index contributed by atoms with van der Waals surface area (Å²) in [6.07, 6.45) is 0.594. The molecule has 0 heterocycles. The third-order valence-corrected chi connectivity index (χ3v) is 5.61. The van der Waals surface area contributed by atoms with Gasteiger partial charge >= 0.3 is 0 Å². The van der Waals surface area contributed by atoms with Crippen LogP contribution in [0.4, 0.5) is 0 Å². The number of likely N-dealkylation sites (N-methyl/N-ethyl adjacent to an activating group) is 1. The molecule has 2 amide bonds. The minimum Gasteiger partial charge on any atom is -0.497 e. The van der Waals surface area contributed by atoms with Crippen LogP contribution in [-0.4, -0.2) is 36.4 Å². The van der Waals surface area contributed by atoms with Gasteiger partial charge in [-0.3, -0.25) is 9.59 Å². The van der Waals surface area contributed by atoms with Gasteiger partial charge in [-0.05, 0) is 47.9 Å². The molecule has 3 aromatic carbocycles. The van der Waals surface area contributed by atoms with E-state index < -0.39 is 6.04 Å². The fourth-order valence-corrected chi connectivity index (χ4v) is 3.91. The summed E-state index contributed by atoms with van der Waals surface area (Å²) in [6, 6.07) is 23.9. The van der Waals surface area contributed by atoms with E-state index in [9.17, 15) is 9.59 Å². The number of nitrogens with zero attached hydrogens (tertiary/aromatic N) is 1.